The summed E-state index contributed by atoms with van der Waals surface area (Å²) in [6.07, 6.45) is 1.37. The molecule has 1 unspecified atom stereocenters. The Morgan fingerprint density at radius 3 is 2.36 bits per heavy atom. The van der Waals surface area contributed by atoms with Crippen molar-refractivity contribution in [2.24, 2.45) is 5.92 Å². The van der Waals surface area contributed by atoms with Crippen molar-refractivity contribution in [3.05, 3.63) is 59.7 Å². The molecule has 1 atom stereocenters. The molecule has 6 heteroatoms. The van der Waals surface area contributed by atoms with Crippen LogP contribution in [0.3, 0.4) is 0 Å². The first-order chi connectivity index (χ1) is 13.7. The van der Waals surface area contributed by atoms with Crippen molar-refractivity contribution in [3.63, 3.8) is 0 Å². The first kappa shape index (κ1) is 18.8. The van der Waals surface area contributed by atoms with Crippen LogP contribution in [0.2, 0.25) is 0 Å². The van der Waals surface area contributed by atoms with Crippen molar-refractivity contribution in [1.82, 2.24) is 4.90 Å². The first-order valence-corrected chi connectivity index (χ1v) is 9.72. The second-order valence-corrected chi connectivity index (χ2v) is 7.21. The van der Waals surface area contributed by atoms with Crippen molar-refractivity contribution >= 4 is 5.97 Å². The molecular weight excluding hydrogens is 358 g/mol. The fourth-order valence-corrected chi connectivity index (χ4v) is 3.92. The fourth-order valence-electron chi connectivity index (χ4n) is 3.92. The number of para-hydroxylation sites is 2. The highest BCUT2D eigenvalue weighted by molar-refractivity contribution is 5.70. The Balaban J connectivity index is 1.50. The molecule has 2 heterocycles. The highest BCUT2D eigenvalue weighted by Gasteiger charge is 2.27. The molecule has 1 fully saturated rings. The maximum Gasteiger partial charge on any atom is 0.307 e. The summed E-state index contributed by atoms with van der Waals surface area (Å²) in [6, 6.07) is 15.7. The number of likely N-dealkylation sites (tertiary alicyclic amines) is 1. The van der Waals surface area contributed by atoms with Gasteiger partial charge in [0, 0.05) is 24.2 Å². The number of piperidine rings is 1. The summed E-state index contributed by atoms with van der Waals surface area (Å²) in [5.41, 5.74) is 1.95. The second-order valence-electron chi connectivity index (χ2n) is 7.21. The summed E-state index contributed by atoms with van der Waals surface area (Å²) in [7, 11) is 0. The van der Waals surface area contributed by atoms with Crippen LogP contribution in [0, 0.1) is 5.92 Å². The van der Waals surface area contributed by atoms with E-state index in [9.17, 15) is 9.90 Å². The molecule has 1 saturated heterocycles. The lowest BCUT2D eigenvalue weighted by atomic mass is 9.98. The minimum absolute atomic E-state index is 0.158. The Bertz CT molecular complexity index is 777. The van der Waals surface area contributed by atoms with Gasteiger partial charge in [0.2, 0.25) is 6.79 Å². The van der Waals surface area contributed by atoms with E-state index in [4.69, 9.17) is 14.2 Å². The maximum absolute atomic E-state index is 11.3. The van der Waals surface area contributed by atoms with Gasteiger partial charge in [-0.2, -0.15) is 0 Å². The Kier molecular flexibility index (Phi) is 5.78. The molecule has 0 aliphatic carbocycles. The Morgan fingerprint density at radius 2 is 1.71 bits per heavy atom. The molecule has 0 amide bonds. The van der Waals surface area contributed by atoms with Crippen molar-refractivity contribution in [2.45, 2.75) is 18.9 Å². The third-order valence-corrected chi connectivity index (χ3v) is 5.38. The van der Waals surface area contributed by atoms with Gasteiger partial charge in [0.05, 0.1) is 12.5 Å². The predicted octanol–water partition coefficient (Wildman–Crippen LogP) is 3.32. The lowest BCUT2D eigenvalue weighted by Gasteiger charge is -2.31. The molecule has 4 rings (SSSR count). The van der Waals surface area contributed by atoms with Crippen LogP contribution in [0.25, 0.3) is 0 Å². The van der Waals surface area contributed by atoms with Gasteiger partial charge in [-0.1, -0.05) is 36.4 Å². The van der Waals surface area contributed by atoms with Gasteiger partial charge in [0.1, 0.15) is 17.6 Å². The Hall–Kier alpha value is -2.57. The van der Waals surface area contributed by atoms with Crippen LogP contribution in [0.4, 0.5) is 0 Å². The van der Waals surface area contributed by atoms with Gasteiger partial charge in [0.15, 0.2) is 0 Å². The number of fused-ring (bicyclic) bond motifs is 2. The van der Waals surface area contributed by atoms with E-state index in [0.717, 1.165) is 42.0 Å². The number of carboxylic acids is 1. The molecule has 0 aromatic heterocycles. The summed E-state index contributed by atoms with van der Waals surface area (Å²) < 4.78 is 17.9. The molecule has 0 bridgehead atoms. The van der Waals surface area contributed by atoms with E-state index in [0.29, 0.717) is 19.7 Å². The quantitative estimate of drug-likeness (QED) is 0.854. The third kappa shape index (κ3) is 4.13. The van der Waals surface area contributed by atoms with E-state index in [1.807, 2.05) is 48.5 Å². The Labute approximate surface area is 164 Å². The van der Waals surface area contributed by atoms with Gasteiger partial charge in [-0.25, -0.2) is 0 Å². The molecule has 1 N–H and O–H groups in total. The van der Waals surface area contributed by atoms with Crippen molar-refractivity contribution < 1.29 is 24.1 Å². The number of aliphatic carboxylic acids is 1. The van der Waals surface area contributed by atoms with E-state index in [-0.39, 0.29) is 18.8 Å². The van der Waals surface area contributed by atoms with E-state index < -0.39 is 5.97 Å². The molecule has 0 saturated carbocycles. The number of carboxylic acid groups (broad SMARTS) is 1. The van der Waals surface area contributed by atoms with Gasteiger partial charge < -0.3 is 24.2 Å². The number of carbonyl (C=O) groups is 1. The topological polar surface area (TPSA) is 68.2 Å². The van der Waals surface area contributed by atoms with Crippen LogP contribution in [-0.4, -0.2) is 49.0 Å². The molecule has 2 aliphatic heterocycles. The van der Waals surface area contributed by atoms with Gasteiger partial charge >= 0.3 is 5.97 Å². The number of nitrogens with zero attached hydrogens (tertiary/aromatic N) is 1. The van der Waals surface area contributed by atoms with Crippen molar-refractivity contribution in [3.8, 4) is 11.5 Å². The minimum atomic E-state index is -0.706. The molecular formula is C22H25NO5. The van der Waals surface area contributed by atoms with Crippen LogP contribution >= 0.6 is 0 Å². The van der Waals surface area contributed by atoms with E-state index >= 15 is 0 Å². The lowest BCUT2D eigenvalue weighted by molar-refractivity contribution is -0.143. The largest absolute Gasteiger partial charge is 0.481 e. The van der Waals surface area contributed by atoms with Crippen LogP contribution in [-0.2, 0) is 9.53 Å². The molecule has 0 radical (unpaired) electrons. The van der Waals surface area contributed by atoms with Gasteiger partial charge in [-0.15, -0.1) is 0 Å². The molecule has 6 nitrogen and oxygen atoms in total. The molecule has 2 aromatic carbocycles. The first-order valence-electron chi connectivity index (χ1n) is 9.72. The van der Waals surface area contributed by atoms with Crippen LogP contribution in [0.1, 0.15) is 30.1 Å². The molecule has 148 valence electrons. The van der Waals surface area contributed by atoms with Gasteiger partial charge in [-0.3, -0.25) is 4.79 Å². The molecule has 2 aromatic rings. The molecule has 28 heavy (non-hydrogen) atoms. The molecule has 0 spiro atoms. The predicted molar refractivity (Wildman–Crippen MR) is 104 cm³/mol. The number of benzene rings is 2. The number of rotatable bonds is 5. The summed E-state index contributed by atoms with van der Waals surface area (Å²) in [5, 5.41) is 9.28. The second kappa shape index (κ2) is 8.63. The summed E-state index contributed by atoms with van der Waals surface area (Å²) in [5.74, 6) is 0.526. The lowest BCUT2D eigenvalue weighted by Crippen LogP contribution is -2.40. The standard InChI is InChI=1S/C22H25NO5/c24-22(25)16-6-5-11-23(14-16)12-13-26-21-17-7-1-3-9-19(17)27-15-28-20-10-4-2-8-18(20)21/h1-4,7-10,16,21H,5-6,11-15H2,(H,24,25). The zero-order chi connectivity index (χ0) is 19.3. The SMILES string of the molecule is O=C(O)C1CCCN(CCOC2c3ccccc3OCOc3ccccc32)C1. The Morgan fingerprint density at radius 1 is 1.07 bits per heavy atom. The minimum Gasteiger partial charge on any atom is -0.481 e. The highest BCUT2D eigenvalue weighted by atomic mass is 16.7. The smallest absolute Gasteiger partial charge is 0.307 e. The van der Waals surface area contributed by atoms with E-state index in [1.54, 1.807) is 0 Å². The number of hydrogen-bond donors (Lipinski definition) is 1. The monoisotopic (exact) mass is 383 g/mol. The summed E-state index contributed by atoms with van der Waals surface area (Å²) in [6.45, 7) is 2.86. The zero-order valence-electron chi connectivity index (χ0n) is 15.8. The van der Waals surface area contributed by atoms with E-state index in [2.05, 4.69) is 4.90 Å². The maximum atomic E-state index is 11.3. The van der Waals surface area contributed by atoms with Crippen molar-refractivity contribution in [1.29, 1.82) is 0 Å². The normalized spacial score (nSPS) is 20.1. The average Bonchev–Trinajstić information content (AvgIpc) is 2.71. The third-order valence-electron chi connectivity index (χ3n) is 5.38. The summed E-state index contributed by atoms with van der Waals surface area (Å²) >= 11 is 0. The van der Waals surface area contributed by atoms with Crippen LogP contribution in [0.5, 0.6) is 11.5 Å². The fraction of sp³-hybridized carbons (Fsp3) is 0.409. The number of hydrogen-bond acceptors (Lipinski definition) is 5. The highest BCUT2D eigenvalue weighted by Crippen LogP contribution is 2.38. The number of ether oxygens (including phenoxy) is 3. The van der Waals surface area contributed by atoms with Crippen LogP contribution < -0.4 is 9.47 Å². The average molecular weight is 383 g/mol. The zero-order valence-corrected chi connectivity index (χ0v) is 15.8. The summed E-state index contributed by atoms with van der Waals surface area (Å²) in [4.78, 5) is 13.5. The van der Waals surface area contributed by atoms with Gasteiger partial charge in [-0.05, 0) is 31.5 Å². The van der Waals surface area contributed by atoms with Gasteiger partial charge in [0.25, 0.3) is 0 Å². The van der Waals surface area contributed by atoms with Crippen molar-refractivity contribution in [2.75, 3.05) is 33.0 Å². The van der Waals surface area contributed by atoms with E-state index in [1.165, 1.54) is 0 Å². The van der Waals surface area contributed by atoms with Crippen LogP contribution in [0.15, 0.2) is 48.5 Å². The molecule has 2 aliphatic rings.